The fraction of sp³-hybridized carbons (Fsp3) is 0.333. The first kappa shape index (κ1) is 12.4. The van der Waals surface area contributed by atoms with E-state index in [9.17, 15) is 9.59 Å². The van der Waals surface area contributed by atoms with Crippen molar-refractivity contribution in [2.24, 2.45) is 14.1 Å². The van der Waals surface area contributed by atoms with Crippen molar-refractivity contribution in [1.82, 2.24) is 28.7 Å². The maximum absolute atomic E-state index is 12.1. The largest absolute Gasteiger partial charge is 0.332 e. The minimum absolute atomic E-state index is 0.306. The van der Waals surface area contributed by atoms with Gasteiger partial charge in [-0.05, 0) is 0 Å². The van der Waals surface area contributed by atoms with Crippen molar-refractivity contribution < 1.29 is 0 Å². The molecule has 0 saturated carbocycles. The van der Waals surface area contributed by atoms with Gasteiger partial charge in [0, 0.05) is 32.9 Å². The van der Waals surface area contributed by atoms with E-state index in [0.717, 1.165) is 16.8 Å². The molecule has 0 atom stereocenters. The van der Waals surface area contributed by atoms with E-state index in [1.807, 2.05) is 6.92 Å². The molecule has 0 spiro atoms. The van der Waals surface area contributed by atoms with Gasteiger partial charge in [-0.15, -0.1) is 0 Å². The van der Waals surface area contributed by atoms with Crippen molar-refractivity contribution in [3.63, 3.8) is 0 Å². The van der Waals surface area contributed by atoms with Crippen molar-refractivity contribution in [2.75, 3.05) is 0 Å². The Labute approximate surface area is 113 Å². The standard InChI is InChI=1S/C12H14N6O2/c1-4-7-13-5-6-18(7)11-14-8-9(15-11)16(2)12(20)17(3)10(8)19/h5-6H,4H2,1-3H3,(H,14,15). The highest BCUT2D eigenvalue weighted by atomic mass is 16.2. The molecule has 0 fully saturated rings. The zero-order valence-electron chi connectivity index (χ0n) is 11.4. The van der Waals surface area contributed by atoms with Crippen molar-refractivity contribution >= 4 is 11.2 Å². The van der Waals surface area contributed by atoms with Crippen LogP contribution >= 0.6 is 0 Å². The molecule has 3 aromatic heterocycles. The topological polar surface area (TPSA) is 90.5 Å². The van der Waals surface area contributed by atoms with Crippen LogP contribution in [0, 0.1) is 0 Å². The Hall–Kier alpha value is -2.64. The van der Waals surface area contributed by atoms with Gasteiger partial charge in [0.05, 0.1) is 0 Å². The summed E-state index contributed by atoms with van der Waals surface area (Å²) in [7, 11) is 3.03. The molecule has 20 heavy (non-hydrogen) atoms. The zero-order valence-corrected chi connectivity index (χ0v) is 11.4. The third-order valence-corrected chi connectivity index (χ3v) is 3.34. The fourth-order valence-electron chi connectivity index (χ4n) is 2.22. The molecule has 0 aliphatic rings. The average Bonchev–Trinajstić information content (AvgIpc) is 3.08. The lowest BCUT2D eigenvalue weighted by Crippen LogP contribution is -2.36. The van der Waals surface area contributed by atoms with Crippen LogP contribution in [-0.4, -0.2) is 28.7 Å². The van der Waals surface area contributed by atoms with Gasteiger partial charge in [0.15, 0.2) is 11.2 Å². The number of aromatic nitrogens is 6. The zero-order chi connectivity index (χ0) is 14.4. The molecule has 0 bridgehead atoms. The molecule has 8 nitrogen and oxygen atoms in total. The summed E-state index contributed by atoms with van der Waals surface area (Å²) in [5.41, 5.74) is -0.147. The van der Waals surface area contributed by atoms with Gasteiger partial charge >= 0.3 is 5.69 Å². The molecule has 0 aliphatic heterocycles. The van der Waals surface area contributed by atoms with E-state index in [4.69, 9.17) is 0 Å². The number of imidazole rings is 2. The van der Waals surface area contributed by atoms with Crippen LogP contribution in [-0.2, 0) is 20.5 Å². The van der Waals surface area contributed by atoms with Gasteiger partial charge in [-0.25, -0.2) is 9.78 Å². The lowest BCUT2D eigenvalue weighted by molar-refractivity contribution is 0.708. The van der Waals surface area contributed by atoms with E-state index in [1.165, 1.54) is 11.6 Å². The van der Waals surface area contributed by atoms with E-state index in [0.29, 0.717) is 17.1 Å². The number of rotatable bonds is 2. The fourth-order valence-corrected chi connectivity index (χ4v) is 2.22. The maximum atomic E-state index is 12.1. The summed E-state index contributed by atoms with van der Waals surface area (Å²) in [5.74, 6) is 1.30. The molecule has 0 aliphatic carbocycles. The number of aromatic amines is 1. The van der Waals surface area contributed by atoms with Gasteiger partial charge in [-0.3, -0.25) is 18.5 Å². The van der Waals surface area contributed by atoms with Crippen LogP contribution in [0.2, 0.25) is 0 Å². The second kappa shape index (κ2) is 4.19. The Morgan fingerprint density at radius 2 is 2.00 bits per heavy atom. The van der Waals surface area contributed by atoms with Gasteiger partial charge in [-0.2, -0.15) is 4.98 Å². The molecule has 0 amide bonds. The van der Waals surface area contributed by atoms with Crippen LogP contribution in [0.1, 0.15) is 12.7 Å². The normalized spacial score (nSPS) is 11.3. The molecule has 0 saturated heterocycles. The summed E-state index contributed by atoms with van der Waals surface area (Å²) in [6.45, 7) is 1.98. The Morgan fingerprint density at radius 3 is 2.70 bits per heavy atom. The lowest BCUT2D eigenvalue weighted by Gasteiger charge is -2.00. The second-order valence-electron chi connectivity index (χ2n) is 4.53. The number of fused-ring (bicyclic) bond motifs is 1. The molecular weight excluding hydrogens is 260 g/mol. The predicted octanol–water partition coefficient (Wildman–Crippen LogP) is -0.292. The van der Waals surface area contributed by atoms with Gasteiger partial charge in [-0.1, -0.05) is 6.92 Å². The minimum Gasteiger partial charge on any atom is -0.318 e. The molecule has 0 radical (unpaired) electrons. The van der Waals surface area contributed by atoms with Gasteiger partial charge in [0.2, 0.25) is 5.95 Å². The number of aryl methyl sites for hydroxylation is 2. The highest BCUT2D eigenvalue weighted by Crippen LogP contribution is 2.11. The highest BCUT2D eigenvalue weighted by Gasteiger charge is 2.15. The summed E-state index contributed by atoms with van der Waals surface area (Å²) in [5, 5.41) is 0. The van der Waals surface area contributed by atoms with Crippen LogP contribution in [0.5, 0.6) is 0 Å². The van der Waals surface area contributed by atoms with E-state index in [1.54, 1.807) is 24.0 Å². The Balaban J connectivity index is 2.37. The number of nitrogens with zero attached hydrogens (tertiary/aromatic N) is 5. The van der Waals surface area contributed by atoms with Crippen LogP contribution in [0.15, 0.2) is 22.0 Å². The first-order valence-corrected chi connectivity index (χ1v) is 6.23. The Bertz CT molecular complexity index is 910. The number of H-pyrrole nitrogens is 1. The maximum Gasteiger partial charge on any atom is 0.332 e. The Kier molecular flexibility index (Phi) is 2.60. The van der Waals surface area contributed by atoms with Crippen LogP contribution in [0.25, 0.3) is 17.1 Å². The molecule has 3 rings (SSSR count). The Morgan fingerprint density at radius 1 is 1.25 bits per heavy atom. The van der Waals surface area contributed by atoms with Gasteiger partial charge in [0.1, 0.15) is 5.82 Å². The summed E-state index contributed by atoms with van der Waals surface area (Å²) in [6.07, 6.45) is 4.17. The second-order valence-corrected chi connectivity index (χ2v) is 4.53. The third-order valence-electron chi connectivity index (χ3n) is 3.34. The van der Waals surface area contributed by atoms with E-state index < -0.39 is 5.69 Å². The van der Waals surface area contributed by atoms with Gasteiger partial charge < -0.3 is 4.98 Å². The van der Waals surface area contributed by atoms with Crippen molar-refractivity contribution in [2.45, 2.75) is 13.3 Å². The van der Waals surface area contributed by atoms with Crippen molar-refractivity contribution in [1.29, 1.82) is 0 Å². The van der Waals surface area contributed by atoms with Crippen LogP contribution in [0.3, 0.4) is 0 Å². The number of nitrogens with one attached hydrogen (secondary N) is 1. The molecule has 1 N–H and O–H groups in total. The quantitative estimate of drug-likeness (QED) is 0.695. The van der Waals surface area contributed by atoms with E-state index in [2.05, 4.69) is 15.0 Å². The highest BCUT2D eigenvalue weighted by molar-refractivity contribution is 5.71. The first-order valence-electron chi connectivity index (χ1n) is 6.23. The smallest absolute Gasteiger partial charge is 0.318 e. The summed E-state index contributed by atoms with van der Waals surface area (Å²) in [4.78, 5) is 35.5. The monoisotopic (exact) mass is 274 g/mol. The molecule has 3 heterocycles. The van der Waals surface area contributed by atoms with Crippen LogP contribution < -0.4 is 11.2 Å². The third kappa shape index (κ3) is 1.54. The van der Waals surface area contributed by atoms with E-state index >= 15 is 0 Å². The number of hydrogen-bond donors (Lipinski definition) is 1. The SMILES string of the molecule is CCc1nccn1-c1nc2c([nH]1)c(=O)n(C)c(=O)n2C. The molecular formula is C12H14N6O2. The average molecular weight is 274 g/mol. The summed E-state index contributed by atoms with van der Waals surface area (Å²) >= 11 is 0. The van der Waals surface area contributed by atoms with Crippen molar-refractivity contribution in [3.8, 4) is 5.95 Å². The molecule has 3 aromatic rings. The lowest BCUT2D eigenvalue weighted by atomic mass is 10.4. The minimum atomic E-state index is -0.401. The van der Waals surface area contributed by atoms with Gasteiger partial charge in [0.25, 0.3) is 5.56 Å². The van der Waals surface area contributed by atoms with Crippen LogP contribution in [0.4, 0.5) is 0 Å². The summed E-state index contributed by atoms with van der Waals surface area (Å²) < 4.78 is 4.17. The molecule has 8 heteroatoms. The first-order chi connectivity index (χ1) is 9.54. The summed E-state index contributed by atoms with van der Waals surface area (Å²) in [6, 6.07) is 0. The molecule has 0 unspecified atom stereocenters. The predicted molar refractivity (Wildman–Crippen MR) is 73.1 cm³/mol. The molecule has 104 valence electrons. The molecule has 0 aromatic carbocycles. The number of hydrogen-bond acceptors (Lipinski definition) is 4. The van der Waals surface area contributed by atoms with E-state index in [-0.39, 0.29) is 5.56 Å². The van der Waals surface area contributed by atoms with Crippen molar-refractivity contribution in [3.05, 3.63) is 39.1 Å².